The first kappa shape index (κ1) is 17.2. The van der Waals surface area contributed by atoms with E-state index >= 15 is 0 Å². The Labute approximate surface area is 163 Å². The molecule has 0 radical (unpaired) electrons. The summed E-state index contributed by atoms with van der Waals surface area (Å²) in [5.41, 5.74) is 1.36. The number of amides is 1. The van der Waals surface area contributed by atoms with Gasteiger partial charge in [-0.2, -0.15) is 0 Å². The number of hydrogen-bond acceptors (Lipinski definition) is 3. The normalized spacial score (nSPS) is 20.5. The van der Waals surface area contributed by atoms with E-state index in [9.17, 15) is 9.59 Å². The molecule has 2 fully saturated rings. The van der Waals surface area contributed by atoms with Gasteiger partial charge in [-0.05, 0) is 43.4 Å². The number of benzene rings is 2. The molecule has 5 rings (SSSR count). The molecule has 1 saturated carbocycles. The van der Waals surface area contributed by atoms with Crippen LogP contribution in [0.25, 0.3) is 10.9 Å². The van der Waals surface area contributed by atoms with Gasteiger partial charge in [0.2, 0.25) is 5.91 Å². The predicted molar refractivity (Wildman–Crippen MR) is 108 cm³/mol. The van der Waals surface area contributed by atoms with Crippen molar-refractivity contribution in [2.24, 2.45) is 7.05 Å². The fraction of sp³-hybridized carbons (Fsp3) is 0.348. The van der Waals surface area contributed by atoms with Crippen LogP contribution in [0.1, 0.15) is 43.1 Å². The monoisotopic (exact) mass is 373 g/mol. The minimum atomic E-state index is -0.389. The van der Waals surface area contributed by atoms with Crippen LogP contribution in [0.2, 0.25) is 0 Å². The van der Waals surface area contributed by atoms with E-state index in [2.05, 4.69) is 12.1 Å². The van der Waals surface area contributed by atoms with Crippen LogP contribution in [0.5, 0.6) is 0 Å². The molecule has 1 aliphatic carbocycles. The van der Waals surface area contributed by atoms with Gasteiger partial charge in [-0.1, -0.05) is 42.5 Å². The average molecular weight is 373 g/mol. The summed E-state index contributed by atoms with van der Waals surface area (Å²) < 4.78 is 1.63. The molecule has 5 nitrogen and oxygen atoms in total. The molecule has 0 N–H and O–H groups in total. The van der Waals surface area contributed by atoms with E-state index in [0.29, 0.717) is 16.7 Å². The SMILES string of the molecule is Cn1c(C2CCCN2C(=O)C2(c3ccccc3)CC2)nc2ccccc2c1=O. The number of rotatable bonds is 3. The molecular weight excluding hydrogens is 350 g/mol. The summed E-state index contributed by atoms with van der Waals surface area (Å²) >= 11 is 0. The summed E-state index contributed by atoms with van der Waals surface area (Å²) in [6, 6.07) is 17.4. The third-order valence-corrected chi connectivity index (χ3v) is 6.32. The molecule has 1 atom stereocenters. The number of para-hydroxylation sites is 1. The summed E-state index contributed by atoms with van der Waals surface area (Å²) in [5.74, 6) is 0.877. The minimum Gasteiger partial charge on any atom is -0.332 e. The van der Waals surface area contributed by atoms with Gasteiger partial charge >= 0.3 is 0 Å². The molecule has 1 saturated heterocycles. The molecule has 0 spiro atoms. The molecule has 1 aliphatic heterocycles. The van der Waals surface area contributed by atoms with Crippen LogP contribution in [-0.4, -0.2) is 26.9 Å². The lowest BCUT2D eigenvalue weighted by Crippen LogP contribution is -2.40. The van der Waals surface area contributed by atoms with E-state index in [-0.39, 0.29) is 22.9 Å². The van der Waals surface area contributed by atoms with Crippen LogP contribution in [-0.2, 0) is 17.3 Å². The summed E-state index contributed by atoms with van der Waals surface area (Å²) in [6.45, 7) is 0.723. The number of aromatic nitrogens is 2. The standard InChI is InChI=1S/C23H23N3O2/c1-25-20(24-18-11-6-5-10-17(18)21(25)27)19-12-7-15-26(19)22(28)23(13-14-23)16-8-3-2-4-9-16/h2-6,8-11,19H,7,12-15H2,1H3. The zero-order chi connectivity index (χ0) is 19.3. The lowest BCUT2D eigenvalue weighted by molar-refractivity contribution is -0.135. The maximum atomic E-state index is 13.6. The topological polar surface area (TPSA) is 55.2 Å². The second kappa shape index (κ2) is 6.30. The molecule has 142 valence electrons. The van der Waals surface area contributed by atoms with E-state index in [4.69, 9.17) is 4.98 Å². The second-order valence-electron chi connectivity index (χ2n) is 7.96. The molecule has 1 amide bonds. The Morgan fingerprint density at radius 1 is 1.07 bits per heavy atom. The van der Waals surface area contributed by atoms with Crippen LogP contribution in [0.15, 0.2) is 59.4 Å². The average Bonchev–Trinajstić information content (AvgIpc) is 3.41. The highest BCUT2D eigenvalue weighted by Crippen LogP contribution is 2.51. The highest BCUT2D eigenvalue weighted by Gasteiger charge is 2.54. The largest absolute Gasteiger partial charge is 0.332 e. The molecule has 2 aromatic carbocycles. The first-order chi connectivity index (χ1) is 13.6. The number of fused-ring (bicyclic) bond motifs is 1. The van der Waals surface area contributed by atoms with Crippen LogP contribution >= 0.6 is 0 Å². The van der Waals surface area contributed by atoms with Gasteiger partial charge in [0, 0.05) is 13.6 Å². The Morgan fingerprint density at radius 2 is 1.79 bits per heavy atom. The molecule has 2 aliphatic rings. The molecule has 0 bridgehead atoms. The van der Waals surface area contributed by atoms with Gasteiger partial charge < -0.3 is 4.90 Å². The fourth-order valence-electron chi connectivity index (χ4n) is 4.59. The summed E-state index contributed by atoms with van der Waals surface area (Å²) in [4.78, 5) is 33.2. The summed E-state index contributed by atoms with van der Waals surface area (Å²) in [6.07, 6.45) is 3.56. The molecule has 3 aromatic rings. The molecule has 1 aromatic heterocycles. The Hall–Kier alpha value is -2.95. The van der Waals surface area contributed by atoms with Gasteiger partial charge in [-0.3, -0.25) is 14.2 Å². The van der Waals surface area contributed by atoms with Crippen LogP contribution in [0.3, 0.4) is 0 Å². The van der Waals surface area contributed by atoms with Crippen molar-refractivity contribution in [3.05, 3.63) is 76.3 Å². The van der Waals surface area contributed by atoms with E-state index in [1.807, 2.05) is 41.3 Å². The van der Waals surface area contributed by atoms with Gasteiger partial charge in [0.05, 0.1) is 22.4 Å². The van der Waals surface area contributed by atoms with Crippen molar-refractivity contribution in [1.29, 1.82) is 0 Å². The van der Waals surface area contributed by atoms with Crippen molar-refractivity contribution in [3.8, 4) is 0 Å². The lowest BCUT2D eigenvalue weighted by atomic mass is 9.94. The molecule has 28 heavy (non-hydrogen) atoms. The van der Waals surface area contributed by atoms with Crippen molar-refractivity contribution in [2.75, 3.05) is 6.54 Å². The summed E-state index contributed by atoms with van der Waals surface area (Å²) in [7, 11) is 1.77. The van der Waals surface area contributed by atoms with E-state index in [1.165, 1.54) is 0 Å². The Bertz CT molecular complexity index is 1120. The number of nitrogens with zero attached hydrogens (tertiary/aromatic N) is 3. The molecule has 2 heterocycles. The number of carbonyl (C=O) groups excluding carboxylic acids is 1. The van der Waals surface area contributed by atoms with Gasteiger partial charge in [0.15, 0.2) is 0 Å². The lowest BCUT2D eigenvalue weighted by Gasteiger charge is -2.29. The Kier molecular flexibility index (Phi) is 3.86. The van der Waals surface area contributed by atoms with E-state index < -0.39 is 0 Å². The smallest absolute Gasteiger partial charge is 0.261 e. The quantitative estimate of drug-likeness (QED) is 0.708. The second-order valence-corrected chi connectivity index (χ2v) is 7.96. The highest BCUT2D eigenvalue weighted by atomic mass is 16.2. The van der Waals surface area contributed by atoms with Gasteiger partial charge in [0.1, 0.15) is 5.82 Å². The van der Waals surface area contributed by atoms with E-state index in [1.54, 1.807) is 17.7 Å². The molecule has 5 heteroatoms. The first-order valence-corrected chi connectivity index (χ1v) is 9.94. The Morgan fingerprint density at radius 3 is 2.54 bits per heavy atom. The van der Waals surface area contributed by atoms with Gasteiger partial charge in [-0.15, -0.1) is 0 Å². The zero-order valence-electron chi connectivity index (χ0n) is 16.0. The fourth-order valence-corrected chi connectivity index (χ4v) is 4.59. The maximum absolute atomic E-state index is 13.6. The van der Waals surface area contributed by atoms with Gasteiger partial charge in [0.25, 0.3) is 5.56 Å². The third kappa shape index (κ3) is 2.49. The third-order valence-electron chi connectivity index (χ3n) is 6.32. The highest BCUT2D eigenvalue weighted by molar-refractivity contribution is 5.91. The van der Waals surface area contributed by atoms with Crippen molar-refractivity contribution >= 4 is 16.8 Å². The predicted octanol–water partition coefficient (Wildman–Crippen LogP) is 3.33. The van der Waals surface area contributed by atoms with Crippen LogP contribution in [0, 0.1) is 0 Å². The first-order valence-electron chi connectivity index (χ1n) is 9.94. The zero-order valence-corrected chi connectivity index (χ0v) is 16.0. The van der Waals surface area contributed by atoms with Crippen molar-refractivity contribution in [2.45, 2.75) is 37.1 Å². The van der Waals surface area contributed by atoms with Crippen molar-refractivity contribution in [1.82, 2.24) is 14.5 Å². The number of carbonyl (C=O) groups is 1. The van der Waals surface area contributed by atoms with Crippen molar-refractivity contribution in [3.63, 3.8) is 0 Å². The number of hydrogen-bond donors (Lipinski definition) is 0. The number of likely N-dealkylation sites (tertiary alicyclic amines) is 1. The van der Waals surface area contributed by atoms with Crippen LogP contribution < -0.4 is 5.56 Å². The van der Waals surface area contributed by atoms with Gasteiger partial charge in [-0.25, -0.2) is 4.98 Å². The maximum Gasteiger partial charge on any atom is 0.261 e. The van der Waals surface area contributed by atoms with Crippen molar-refractivity contribution < 1.29 is 4.79 Å². The Balaban J connectivity index is 1.55. The summed E-state index contributed by atoms with van der Waals surface area (Å²) in [5, 5.41) is 0.618. The van der Waals surface area contributed by atoms with Crippen LogP contribution in [0.4, 0.5) is 0 Å². The molecular formula is C23H23N3O2. The minimum absolute atomic E-state index is 0.0518. The molecule has 1 unspecified atom stereocenters. The van der Waals surface area contributed by atoms with E-state index in [0.717, 1.165) is 37.8 Å².